The molecular formula is C28H22BrClN2O2S. The topological polar surface area (TPSA) is 42.3 Å². The Morgan fingerprint density at radius 2 is 1.69 bits per heavy atom. The second-order valence-electron chi connectivity index (χ2n) is 8.36. The highest BCUT2D eigenvalue weighted by Gasteiger charge is 2.35. The number of benzene rings is 3. The summed E-state index contributed by atoms with van der Waals surface area (Å²) in [6, 6.07) is 21.7. The summed E-state index contributed by atoms with van der Waals surface area (Å²) in [5.74, 6) is -0.262. The minimum atomic E-state index is -0.262. The van der Waals surface area contributed by atoms with Crippen LogP contribution < -0.4 is 0 Å². The number of thioether (sulfide) groups is 1. The van der Waals surface area contributed by atoms with Crippen LogP contribution in [0.1, 0.15) is 29.2 Å². The first-order chi connectivity index (χ1) is 16.9. The highest BCUT2D eigenvalue weighted by molar-refractivity contribution is 9.10. The highest BCUT2D eigenvalue weighted by Crippen LogP contribution is 2.36. The average Bonchev–Trinajstić information content (AvgIpc) is 3.33. The molecule has 2 heterocycles. The number of imide groups is 1. The average molecular weight is 566 g/mol. The predicted octanol–water partition coefficient (Wildman–Crippen LogP) is 7.90. The van der Waals surface area contributed by atoms with Gasteiger partial charge in [0.1, 0.15) is 0 Å². The van der Waals surface area contributed by atoms with Crippen molar-refractivity contribution in [3.8, 4) is 0 Å². The lowest BCUT2D eigenvalue weighted by molar-refractivity contribution is -0.123. The predicted molar refractivity (Wildman–Crippen MR) is 148 cm³/mol. The number of aryl methyl sites for hydroxylation is 1. The molecule has 176 valence electrons. The van der Waals surface area contributed by atoms with Gasteiger partial charge in [0.25, 0.3) is 11.1 Å². The van der Waals surface area contributed by atoms with Gasteiger partial charge in [-0.05, 0) is 59.1 Å². The minimum Gasteiger partial charge on any atom is -0.342 e. The van der Waals surface area contributed by atoms with Crippen molar-refractivity contribution in [1.82, 2.24) is 9.47 Å². The number of halogens is 2. The van der Waals surface area contributed by atoms with E-state index in [1.807, 2.05) is 60.7 Å². The number of fused-ring (bicyclic) bond motifs is 1. The molecular weight excluding hydrogens is 544 g/mol. The fourth-order valence-electron chi connectivity index (χ4n) is 4.35. The van der Waals surface area contributed by atoms with Crippen LogP contribution in [0, 0.1) is 0 Å². The minimum absolute atomic E-state index is 0.252. The Morgan fingerprint density at radius 1 is 0.943 bits per heavy atom. The van der Waals surface area contributed by atoms with E-state index in [0.717, 1.165) is 55.3 Å². The lowest BCUT2D eigenvalue weighted by Crippen LogP contribution is -2.27. The molecule has 1 aromatic heterocycles. The summed E-state index contributed by atoms with van der Waals surface area (Å²) in [5.41, 5.74) is 5.18. The van der Waals surface area contributed by atoms with Gasteiger partial charge in [0.05, 0.1) is 17.0 Å². The van der Waals surface area contributed by atoms with Gasteiger partial charge in [0, 0.05) is 33.2 Å². The summed E-state index contributed by atoms with van der Waals surface area (Å²) in [5, 5.41) is 1.52. The van der Waals surface area contributed by atoms with Crippen LogP contribution in [-0.4, -0.2) is 20.6 Å². The maximum atomic E-state index is 13.2. The molecule has 0 spiro atoms. The van der Waals surface area contributed by atoms with Crippen LogP contribution in [0.15, 0.2) is 82.3 Å². The van der Waals surface area contributed by atoms with Crippen LogP contribution in [0.3, 0.4) is 0 Å². The third-order valence-corrected chi connectivity index (χ3v) is 7.91. The van der Waals surface area contributed by atoms with Gasteiger partial charge in [-0.3, -0.25) is 14.5 Å². The van der Waals surface area contributed by atoms with Crippen molar-refractivity contribution in [2.45, 2.75) is 26.4 Å². The second kappa shape index (κ2) is 10.1. The molecule has 4 nitrogen and oxygen atoms in total. The number of aromatic nitrogens is 1. The summed E-state index contributed by atoms with van der Waals surface area (Å²) >= 11 is 10.9. The lowest BCUT2D eigenvalue weighted by Gasteiger charge is -2.12. The van der Waals surface area contributed by atoms with Gasteiger partial charge in [-0.1, -0.05) is 83.0 Å². The zero-order valence-corrected chi connectivity index (χ0v) is 22.2. The first-order valence-corrected chi connectivity index (χ1v) is 13.3. The van der Waals surface area contributed by atoms with Gasteiger partial charge < -0.3 is 4.57 Å². The third-order valence-electron chi connectivity index (χ3n) is 6.11. The van der Waals surface area contributed by atoms with E-state index in [4.69, 9.17) is 11.6 Å². The third kappa shape index (κ3) is 4.83. The molecule has 0 N–H and O–H groups in total. The van der Waals surface area contributed by atoms with Crippen LogP contribution in [0.2, 0.25) is 5.02 Å². The fraction of sp³-hybridized carbons (Fsp3) is 0.143. The summed E-state index contributed by atoms with van der Waals surface area (Å²) in [6.45, 7) is 3.00. The Hall–Kier alpha value is -2.80. The standard InChI is InChI=1S/C28H22BrClN2O2S/c1-2-19-7-5-8-23-21(17-31(26(19)23)16-20-6-3-4-9-24(20)30)14-25-27(33)32(28(34)35-25)15-18-10-12-22(29)13-11-18/h3-14,17H,2,15-16H2,1H3/b25-14-. The molecule has 1 aliphatic rings. The molecule has 0 saturated carbocycles. The Labute approximate surface area is 221 Å². The number of nitrogens with zero attached hydrogens (tertiary/aromatic N) is 2. The van der Waals surface area contributed by atoms with Crippen molar-refractivity contribution in [3.05, 3.63) is 110 Å². The van der Waals surface area contributed by atoms with Crippen LogP contribution in [-0.2, 0) is 24.3 Å². The van der Waals surface area contributed by atoms with Gasteiger partial charge in [-0.25, -0.2) is 0 Å². The van der Waals surface area contributed by atoms with Crippen molar-refractivity contribution in [1.29, 1.82) is 0 Å². The van der Waals surface area contributed by atoms with E-state index in [9.17, 15) is 9.59 Å². The van der Waals surface area contributed by atoms with Crippen LogP contribution in [0.4, 0.5) is 4.79 Å². The van der Waals surface area contributed by atoms with E-state index in [2.05, 4.69) is 45.8 Å². The van der Waals surface area contributed by atoms with Crippen LogP contribution in [0.5, 0.6) is 0 Å². The number of carbonyl (C=O) groups is 2. The molecule has 2 amide bonds. The van der Waals surface area contributed by atoms with Gasteiger partial charge in [0.2, 0.25) is 0 Å². The van der Waals surface area contributed by atoms with E-state index >= 15 is 0 Å². The van der Waals surface area contributed by atoms with Crippen molar-refractivity contribution in [2.24, 2.45) is 0 Å². The molecule has 1 aliphatic heterocycles. The largest absolute Gasteiger partial charge is 0.342 e. The molecule has 0 aliphatic carbocycles. The SMILES string of the molecule is CCc1cccc2c(/C=C3\SC(=O)N(Cc4ccc(Br)cc4)C3=O)cn(Cc3ccccc3Cl)c12. The van der Waals surface area contributed by atoms with Gasteiger partial charge >= 0.3 is 0 Å². The molecule has 4 aromatic rings. The van der Waals surface area contributed by atoms with Gasteiger partial charge in [0.15, 0.2) is 0 Å². The zero-order chi connectivity index (χ0) is 24.5. The summed E-state index contributed by atoms with van der Waals surface area (Å²) in [6.07, 6.45) is 4.78. The van der Waals surface area contributed by atoms with Crippen LogP contribution in [0.25, 0.3) is 17.0 Å². The van der Waals surface area contributed by atoms with E-state index < -0.39 is 0 Å². The van der Waals surface area contributed by atoms with E-state index in [0.29, 0.717) is 11.4 Å². The molecule has 0 radical (unpaired) electrons. The van der Waals surface area contributed by atoms with Crippen molar-refractivity contribution >= 4 is 67.4 Å². The molecule has 1 fully saturated rings. The molecule has 7 heteroatoms. The van der Waals surface area contributed by atoms with E-state index in [1.165, 1.54) is 10.5 Å². The second-order valence-corrected chi connectivity index (χ2v) is 10.7. The Balaban J connectivity index is 1.51. The maximum Gasteiger partial charge on any atom is 0.293 e. The monoisotopic (exact) mass is 564 g/mol. The molecule has 0 atom stereocenters. The van der Waals surface area contributed by atoms with E-state index in [1.54, 1.807) is 0 Å². The van der Waals surface area contributed by atoms with E-state index in [-0.39, 0.29) is 17.7 Å². The van der Waals surface area contributed by atoms with Crippen molar-refractivity contribution < 1.29 is 9.59 Å². The molecule has 1 saturated heterocycles. The van der Waals surface area contributed by atoms with Crippen LogP contribution >= 0.6 is 39.3 Å². The highest BCUT2D eigenvalue weighted by atomic mass is 79.9. The maximum absolute atomic E-state index is 13.2. The summed E-state index contributed by atoms with van der Waals surface area (Å²) in [7, 11) is 0. The van der Waals surface area contributed by atoms with Gasteiger partial charge in [-0.2, -0.15) is 0 Å². The summed E-state index contributed by atoms with van der Waals surface area (Å²) < 4.78 is 3.14. The quantitative estimate of drug-likeness (QED) is 0.223. The number of carbonyl (C=O) groups excluding carboxylic acids is 2. The Bertz CT molecular complexity index is 1480. The lowest BCUT2D eigenvalue weighted by atomic mass is 10.1. The molecule has 0 bridgehead atoms. The summed E-state index contributed by atoms with van der Waals surface area (Å²) in [4.78, 5) is 27.6. The first-order valence-electron chi connectivity index (χ1n) is 11.3. The number of para-hydroxylation sites is 1. The van der Waals surface area contributed by atoms with Crippen molar-refractivity contribution in [2.75, 3.05) is 0 Å². The first kappa shape index (κ1) is 23.9. The Morgan fingerprint density at radius 3 is 2.43 bits per heavy atom. The number of amides is 2. The zero-order valence-electron chi connectivity index (χ0n) is 19.0. The fourth-order valence-corrected chi connectivity index (χ4v) is 5.64. The molecule has 5 rings (SSSR count). The number of hydrogen-bond donors (Lipinski definition) is 0. The molecule has 0 unspecified atom stereocenters. The molecule has 35 heavy (non-hydrogen) atoms. The van der Waals surface area contributed by atoms with Crippen molar-refractivity contribution in [3.63, 3.8) is 0 Å². The molecule has 3 aromatic carbocycles. The normalized spacial score (nSPS) is 15.1. The van der Waals surface area contributed by atoms with Gasteiger partial charge in [-0.15, -0.1) is 0 Å². The Kier molecular flexibility index (Phi) is 6.87. The number of rotatable bonds is 6. The number of hydrogen-bond acceptors (Lipinski definition) is 3. The smallest absolute Gasteiger partial charge is 0.293 e.